The average Bonchev–Trinajstić information content (AvgIpc) is 3.03. The van der Waals surface area contributed by atoms with Crippen molar-refractivity contribution in [2.75, 3.05) is 32.6 Å². The lowest BCUT2D eigenvalue weighted by atomic mass is 10.2. The SMILES string of the molecule is COC(=O)c1scc(NCCCCCNS(=O)(=O)C(C)C)c1C(=O)OC. The van der Waals surface area contributed by atoms with E-state index in [0.29, 0.717) is 25.2 Å². The summed E-state index contributed by atoms with van der Waals surface area (Å²) in [7, 11) is -0.713. The van der Waals surface area contributed by atoms with Crippen molar-refractivity contribution in [3.8, 4) is 0 Å². The van der Waals surface area contributed by atoms with Crippen molar-refractivity contribution in [3.05, 3.63) is 15.8 Å². The summed E-state index contributed by atoms with van der Waals surface area (Å²) in [5, 5.41) is 4.35. The van der Waals surface area contributed by atoms with Gasteiger partial charge in [-0.2, -0.15) is 0 Å². The van der Waals surface area contributed by atoms with Crippen LogP contribution in [0.3, 0.4) is 0 Å². The zero-order chi connectivity index (χ0) is 19.7. The van der Waals surface area contributed by atoms with Crippen molar-refractivity contribution in [3.63, 3.8) is 0 Å². The van der Waals surface area contributed by atoms with Crippen LogP contribution >= 0.6 is 11.3 Å². The molecule has 10 heteroatoms. The van der Waals surface area contributed by atoms with E-state index >= 15 is 0 Å². The summed E-state index contributed by atoms with van der Waals surface area (Å²) in [6, 6.07) is 0. The maximum Gasteiger partial charge on any atom is 0.349 e. The van der Waals surface area contributed by atoms with Crippen molar-refractivity contribution in [2.24, 2.45) is 0 Å². The first-order chi connectivity index (χ1) is 12.2. The van der Waals surface area contributed by atoms with Crippen LogP contribution in [0.1, 0.15) is 53.1 Å². The summed E-state index contributed by atoms with van der Waals surface area (Å²) in [4.78, 5) is 23.9. The molecule has 0 atom stereocenters. The molecule has 0 aliphatic heterocycles. The van der Waals surface area contributed by atoms with Crippen LogP contribution in [0.2, 0.25) is 0 Å². The number of thiophene rings is 1. The highest BCUT2D eigenvalue weighted by molar-refractivity contribution is 7.90. The Balaban J connectivity index is 2.47. The van der Waals surface area contributed by atoms with Gasteiger partial charge in [0, 0.05) is 18.5 Å². The molecular formula is C16H26N2O6S2. The van der Waals surface area contributed by atoms with E-state index in [4.69, 9.17) is 4.74 Å². The second kappa shape index (κ2) is 10.5. The van der Waals surface area contributed by atoms with E-state index < -0.39 is 27.2 Å². The van der Waals surface area contributed by atoms with Crippen LogP contribution in [0, 0.1) is 0 Å². The van der Waals surface area contributed by atoms with Crippen LogP contribution in [0.4, 0.5) is 5.69 Å². The number of unbranched alkanes of at least 4 members (excludes halogenated alkanes) is 2. The van der Waals surface area contributed by atoms with Crippen LogP contribution in [0.15, 0.2) is 5.38 Å². The Hall–Kier alpha value is -1.65. The second-order valence-corrected chi connectivity index (χ2v) is 9.01. The molecule has 1 rings (SSSR count). The van der Waals surface area contributed by atoms with Gasteiger partial charge in [-0.3, -0.25) is 0 Å². The van der Waals surface area contributed by atoms with Gasteiger partial charge in [-0.25, -0.2) is 22.7 Å². The molecule has 0 unspecified atom stereocenters. The van der Waals surface area contributed by atoms with E-state index in [1.807, 2.05) is 0 Å². The number of hydrogen-bond donors (Lipinski definition) is 2. The van der Waals surface area contributed by atoms with Gasteiger partial charge in [-0.05, 0) is 26.7 Å². The number of hydrogen-bond acceptors (Lipinski definition) is 8. The van der Waals surface area contributed by atoms with E-state index in [0.717, 1.165) is 24.2 Å². The minimum absolute atomic E-state index is 0.175. The first-order valence-electron chi connectivity index (χ1n) is 8.25. The molecule has 0 bridgehead atoms. The fourth-order valence-electron chi connectivity index (χ4n) is 2.07. The fourth-order valence-corrected chi connectivity index (χ4v) is 3.76. The molecule has 0 spiro atoms. The zero-order valence-electron chi connectivity index (χ0n) is 15.5. The molecule has 0 aromatic carbocycles. The van der Waals surface area contributed by atoms with E-state index in [1.54, 1.807) is 19.2 Å². The molecule has 2 N–H and O–H groups in total. The highest BCUT2D eigenvalue weighted by Gasteiger charge is 2.24. The van der Waals surface area contributed by atoms with Gasteiger partial charge in [0.1, 0.15) is 10.4 Å². The van der Waals surface area contributed by atoms with Crippen molar-refractivity contribution in [1.29, 1.82) is 0 Å². The first-order valence-corrected chi connectivity index (χ1v) is 10.7. The van der Waals surface area contributed by atoms with E-state index in [2.05, 4.69) is 14.8 Å². The molecular weight excluding hydrogens is 380 g/mol. The monoisotopic (exact) mass is 406 g/mol. The van der Waals surface area contributed by atoms with Crippen molar-refractivity contribution >= 4 is 39.0 Å². The van der Waals surface area contributed by atoms with Gasteiger partial charge in [0.05, 0.1) is 25.2 Å². The highest BCUT2D eigenvalue weighted by atomic mass is 32.2. The summed E-state index contributed by atoms with van der Waals surface area (Å²) in [5.41, 5.74) is 0.705. The summed E-state index contributed by atoms with van der Waals surface area (Å²) in [5.74, 6) is -1.18. The number of sulfonamides is 1. The number of methoxy groups -OCH3 is 2. The lowest BCUT2D eigenvalue weighted by molar-refractivity contribution is 0.0561. The van der Waals surface area contributed by atoms with Crippen molar-refractivity contribution < 1.29 is 27.5 Å². The Bertz CT molecular complexity index is 712. The predicted molar refractivity (Wildman–Crippen MR) is 101 cm³/mol. The lowest BCUT2D eigenvalue weighted by Gasteiger charge is -2.10. The van der Waals surface area contributed by atoms with Gasteiger partial charge in [0.2, 0.25) is 10.0 Å². The molecule has 148 valence electrons. The number of ether oxygens (including phenoxy) is 2. The molecule has 0 radical (unpaired) electrons. The molecule has 0 aliphatic rings. The van der Waals surface area contributed by atoms with Gasteiger partial charge in [0.15, 0.2) is 0 Å². The molecule has 1 aromatic rings. The number of carbonyl (C=O) groups is 2. The lowest BCUT2D eigenvalue weighted by Crippen LogP contribution is -2.31. The van der Waals surface area contributed by atoms with E-state index in [9.17, 15) is 18.0 Å². The summed E-state index contributed by atoms with van der Waals surface area (Å²) in [6.07, 6.45) is 2.32. The van der Waals surface area contributed by atoms with Crippen molar-refractivity contribution in [1.82, 2.24) is 4.72 Å². The highest BCUT2D eigenvalue weighted by Crippen LogP contribution is 2.29. The number of carbonyl (C=O) groups excluding carboxylic acids is 2. The van der Waals surface area contributed by atoms with Gasteiger partial charge in [-0.1, -0.05) is 6.42 Å². The molecule has 0 fully saturated rings. The van der Waals surface area contributed by atoms with Gasteiger partial charge in [0.25, 0.3) is 0 Å². The minimum atomic E-state index is -3.22. The number of rotatable bonds is 11. The first kappa shape index (κ1) is 22.4. The molecule has 0 amide bonds. The Morgan fingerprint density at radius 3 is 2.27 bits per heavy atom. The number of esters is 2. The molecule has 0 saturated heterocycles. The zero-order valence-corrected chi connectivity index (χ0v) is 17.1. The van der Waals surface area contributed by atoms with Crippen LogP contribution in [0.5, 0.6) is 0 Å². The third-order valence-electron chi connectivity index (χ3n) is 3.64. The summed E-state index contributed by atoms with van der Waals surface area (Å²) < 4.78 is 35.2. The average molecular weight is 407 g/mol. The van der Waals surface area contributed by atoms with E-state index in [-0.39, 0.29) is 10.4 Å². The Labute approximate surface area is 158 Å². The van der Waals surface area contributed by atoms with Crippen LogP contribution in [-0.2, 0) is 19.5 Å². The minimum Gasteiger partial charge on any atom is -0.465 e. The maximum absolute atomic E-state index is 11.9. The predicted octanol–water partition coefficient (Wildman–Crippen LogP) is 2.23. The Morgan fingerprint density at radius 1 is 1.08 bits per heavy atom. The third kappa shape index (κ3) is 6.26. The Morgan fingerprint density at radius 2 is 1.69 bits per heavy atom. The molecule has 26 heavy (non-hydrogen) atoms. The standard InChI is InChI=1S/C16H26N2O6S2/c1-11(2)26(21,22)18-9-7-5-6-8-17-12-10-25-14(16(20)24-4)13(12)15(19)23-3/h10-11,17-18H,5-9H2,1-4H3. The molecule has 0 saturated carbocycles. The fraction of sp³-hybridized carbons (Fsp3) is 0.625. The van der Waals surface area contributed by atoms with Crippen LogP contribution < -0.4 is 10.0 Å². The molecule has 0 aliphatic carbocycles. The quantitative estimate of drug-likeness (QED) is 0.428. The number of anilines is 1. The summed E-state index contributed by atoms with van der Waals surface area (Å²) in [6.45, 7) is 4.25. The maximum atomic E-state index is 11.9. The van der Waals surface area contributed by atoms with Gasteiger partial charge < -0.3 is 14.8 Å². The van der Waals surface area contributed by atoms with Crippen molar-refractivity contribution in [2.45, 2.75) is 38.4 Å². The topological polar surface area (TPSA) is 111 Å². The third-order valence-corrected chi connectivity index (χ3v) is 6.45. The van der Waals surface area contributed by atoms with Gasteiger partial charge >= 0.3 is 11.9 Å². The second-order valence-electron chi connectivity index (χ2n) is 5.81. The smallest absolute Gasteiger partial charge is 0.349 e. The molecule has 1 heterocycles. The van der Waals surface area contributed by atoms with E-state index in [1.165, 1.54) is 14.2 Å². The summed E-state index contributed by atoms with van der Waals surface area (Å²) >= 11 is 1.12. The Kier molecular flexibility index (Phi) is 9.03. The normalized spacial score (nSPS) is 11.4. The molecule has 8 nitrogen and oxygen atoms in total. The number of nitrogens with one attached hydrogen (secondary N) is 2. The molecule has 1 aromatic heterocycles. The largest absolute Gasteiger partial charge is 0.465 e. The van der Waals surface area contributed by atoms with Crippen LogP contribution in [-0.4, -0.2) is 52.9 Å². The van der Waals surface area contributed by atoms with Crippen LogP contribution in [0.25, 0.3) is 0 Å². The van der Waals surface area contributed by atoms with Gasteiger partial charge in [-0.15, -0.1) is 11.3 Å².